The zero-order chi connectivity index (χ0) is 17.6. The number of hydrogen-bond donors (Lipinski definition) is 2. The zero-order valence-electron chi connectivity index (χ0n) is 13.9. The molecule has 4 nitrogen and oxygen atoms in total. The van der Waals surface area contributed by atoms with Crippen molar-refractivity contribution >= 4 is 46.2 Å². The first-order chi connectivity index (χ1) is 12.1. The lowest BCUT2D eigenvalue weighted by atomic mass is 10.2. The lowest BCUT2D eigenvalue weighted by Crippen LogP contribution is -2.17. The number of rotatable bonds is 6. The molecule has 0 aromatic heterocycles. The predicted molar refractivity (Wildman–Crippen MR) is 106 cm³/mol. The monoisotopic (exact) mass is 377 g/mol. The molecule has 0 aliphatic carbocycles. The minimum absolute atomic E-state index is 0.0698. The molecule has 132 valence electrons. The van der Waals surface area contributed by atoms with Crippen molar-refractivity contribution in [1.82, 2.24) is 0 Å². The van der Waals surface area contributed by atoms with Crippen LogP contribution in [0.3, 0.4) is 0 Å². The number of anilines is 3. The van der Waals surface area contributed by atoms with Gasteiger partial charge in [-0.05, 0) is 55.3 Å². The molecule has 0 unspecified atom stereocenters. The Kier molecular flexibility index (Phi) is 6.05. The molecule has 0 bridgehead atoms. The number of nitrogens with one attached hydrogen (secondary N) is 2. The summed E-state index contributed by atoms with van der Waals surface area (Å²) >= 11 is 11.8. The summed E-state index contributed by atoms with van der Waals surface area (Å²) in [5.41, 5.74) is 2.93. The van der Waals surface area contributed by atoms with E-state index in [2.05, 4.69) is 39.8 Å². The fourth-order valence-electron chi connectivity index (χ4n) is 2.88. The van der Waals surface area contributed by atoms with Crippen molar-refractivity contribution in [2.45, 2.75) is 19.3 Å². The minimum atomic E-state index is -0.0698. The molecule has 3 rings (SSSR count). The van der Waals surface area contributed by atoms with Crippen LogP contribution in [0.2, 0.25) is 10.0 Å². The average Bonchev–Trinajstić information content (AvgIpc) is 3.13. The fourth-order valence-corrected chi connectivity index (χ4v) is 3.18. The first-order valence-electron chi connectivity index (χ1n) is 8.45. The van der Waals surface area contributed by atoms with Gasteiger partial charge in [0.15, 0.2) is 0 Å². The highest BCUT2D eigenvalue weighted by Crippen LogP contribution is 2.25. The SMILES string of the molecule is O=C(CCNc1ccc(N2CCCC2)cc1)Nc1ccc(Cl)c(Cl)c1. The van der Waals surface area contributed by atoms with Gasteiger partial charge in [0.2, 0.25) is 5.91 Å². The highest BCUT2D eigenvalue weighted by Gasteiger charge is 2.11. The number of amides is 1. The van der Waals surface area contributed by atoms with Crippen LogP contribution in [0.5, 0.6) is 0 Å². The van der Waals surface area contributed by atoms with Crippen molar-refractivity contribution in [3.63, 3.8) is 0 Å². The third-order valence-corrected chi connectivity index (χ3v) is 4.96. The van der Waals surface area contributed by atoms with E-state index in [9.17, 15) is 4.79 Å². The van der Waals surface area contributed by atoms with E-state index >= 15 is 0 Å². The van der Waals surface area contributed by atoms with Gasteiger partial charge in [-0.3, -0.25) is 4.79 Å². The van der Waals surface area contributed by atoms with E-state index in [-0.39, 0.29) is 5.91 Å². The molecule has 1 amide bonds. The van der Waals surface area contributed by atoms with Crippen LogP contribution in [0.15, 0.2) is 42.5 Å². The normalized spacial score (nSPS) is 13.8. The topological polar surface area (TPSA) is 44.4 Å². The maximum atomic E-state index is 12.0. The van der Waals surface area contributed by atoms with Crippen LogP contribution in [-0.4, -0.2) is 25.5 Å². The Hall–Kier alpha value is -1.91. The molecule has 25 heavy (non-hydrogen) atoms. The van der Waals surface area contributed by atoms with Crippen LogP contribution < -0.4 is 15.5 Å². The molecule has 0 atom stereocenters. The number of carbonyl (C=O) groups excluding carboxylic acids is 1. The van der Waals surface area contributed by atoms with Gasteiger partial charge in [-0.1, -0.05) is 23.2 Å². The zero-order valence-corrected chi connectivity index (χ0v) is 15.4. The minimum Gasteiger partial charge on any atom is -0.385 e. The van der Waals surface area contributed by atoms with E-state index in [1.807, 2.05) is 0 Å². The van der Waals surface area contributed by atoms with Gasteiger partial charge in [-0.15, -0.1) is 0 Å². The molecule has 1 heterocycles. The second-order valence-corrected chi connectivity index (χ2v) is 6.91. The van der Waals surface area contributed by atoms with E-state index in [1.165, 1.54) is 18.5 Å². The van der Waals surface area contributed by atoms with Crippen LogP contribution in [0, 0.1) is 0 Å². The van der Waals surface area contributed by atoms with Crippen molar-refractivity contribution < 1.29 is 4.79 Å². The van der Waals surface area contributed by atoms with Crippen LogP contribution >= 0.6 is 23.2 Å². The van der Waals surface area contributed by atoms with Gasteiger partial charge in [-0.2, -0.15) is 0 Å². The number of benzene rings is 2. The molecule has 1 aliphatic rings. The smallest absolute Gasteiger partial charge is 0.226 e. The Morgan fingerprint density at radius 2 is 1.64 bits per heavy atom. The lowest BCUT2D eigenvalue weighted by Gasteiger charge is -2.18. The van der Waals surface area contributed by atoms with Crippen molar-refractivity contribution in [3.05, 3.63) is 52.5 Å². The van der Waals surface area contributed by atoms with Crippen LogP contribution in [-0.2, 0) is 4.79 Å². The number of nitrogens with zero attached hydrogens (tertiary/aromatic N) is 1. The Morgan fingerprint density at radius 3 is 2.32 bits per heavy atom. The number of hydrogen-bond acceptors (Lipinski definition) is 3. The van der Waals surface area contributed by atoms with Gasteiger partial charge in [0.1, 0.15) is 0 Å². The van der Waals surface area contributed by atoms with E-state index in [0.717, 1.165) is 18.8 Å². The number of halogens is 2. The van der Waals surface area contributed by atoms with Gasteiger partial charge >= 0.3 is 0 Å². The summed E-state index contributed by atoms with van der Waals surface area (Å²) in [6, 6.07) is 13.4. The Labute approximate surface area is 158 Å². The third kappa shape index (κ3) is 5.03. The molecule has 2 aromatic rings. The summed E-state index contributed by atoms with van der Waals surface area (Å²) in [6.45, 7) is 2.85. The molecule has 0 radical (unpaired) electrons. The third-order valence-electron chi connectivity index (χ3n) is 4.22. The average molecular weight is 378 g/mol. The largest absolute Gasteiger partial charge is 0.385 e. The van der Waals surface area contributed by atoms with Crippen molar-refractivity contribution in [3.8, 4) is 0 Å². The molecule has 0 spiro atoms. The second-order valence-electron chi connectivity index (χ2n) is 6.09. The van der Waals surface area contributed by atoms with Gasteiger partial charge < -0.3 is 15.5 Å². The Balaban J connectivity index is 1.44. The first kappa shape index (κ1) is 17.9. The molecule has 1 fully saturated rings. The summed E-state index contributed by atoms with van der Waals surface area (Å²) in [5, 5.41) is 6.98. The lowest BCUT2D eigenvalue weighted by molar-refractivity contribution is -0.115. The molecular weight excluding hydrogens is 357 g/mol. The summed E-state index contributed by atoms with van der Waals surface area (Å²) < 4.78 is 0. The molecule has 1 saturated heterocycles. The molecule has 6 heteroatoms. The van der Waals surface area contributed by atoms with Gasteiger partial charge in [0.05, 0.1) is 10.0 Å². The van der Waals surface area contributed by atoms with Crippen molar-refractivity contribution in [2.24, 2.45) is 0 Å². The molecule has 1 aliphatic heterocycles. The van der Waals surface area contributed by atoms with E-state index in [4.69, 9.17) is 23.2 Å². The molecular formula is C19H21Cl2N3O. The maximum Gasteiger partial charge on any atom is 0.226 e. The van der Waals surface area contributed by atoms with Crippen molar-refractivity contribution in [1.29, 1.82) is 0 Å². The van der Waals surface area contributed by atoms with E-state index in [0.29, 0.717) is 28.7 Å². The predicted octanol–water partition coefficient (Wildman–Crippen LogP) is 5.03. The van der Waals surface area contributed by atoms with Crippen molar-refractivity contribution in [2.75, 3.05) is 35.2 Å². The van der Waals surface area contributed by atoms with Crippen LogP contribution in [0.4, 0.5) is 17.1 Å². The Morgan fingerprint density at radius 1 is 0.960 bits per heavy atom. The van der Waals surface area contributed by atoms with Gasteiger partial charge in [-0.25, -0.2) is 0 Å². The Bertz CT molecular complexity index is 728. The first-order valence-corrected chi connectivity index (χ1v) is 9.21. The van der Waals surface area contributed by atoms with Crippen LogP contribution in [0.1, 0.15) is 19.3 Å². The maximum absolute atomic E-state index is 12.0. The summed E-state index contributed by atoms with van der Waals surface area (Å²) in [6.07, 6.45) is 2.91. The number of carbonyl (C=O) groups is 1. The van der Waals surface area contributed by atoms with Gasteiger partial charge in [0.25, 0.3) is 0 Å². The highest BCUT2D eigenvalue weighted by atomic mass is 35.5. The van der Waals surface area contributed by atoms with E-state index < -0.39 is 0 Å². The second kappa shape index (κ2) is 8.45. The molecule has 2 aromatic carbocycles. The molecule has 0 saturated carbocycles. The summed E-state index contributed by atoms with van der Waals surface area (Å²) in [5.74, 6) is -0.0698. The highest BCUT2D eigenvalue weighted by molar-refractivity contribution is 6.42. The van der Waals surface area contributed by atoms with E-state index in [1.54, 1.807) is 18.2 Å². The summed E-state index contributed by atoms with van der Waals surface area (Å²) in [4.78, 5) is 14.4. The van der Waals surface area contributed by atoms with Gasteiger partial charge in [0, 0.05) is 43.1 Å². The fraction of sp³-hybridized carbons (Fsp3) is 0.316. The molecule has 2 N–H and O–H groups in total. The quantitative estimate of drug-likeness (QED) is 0.741. The summed E-state index contributed by atoms with van der Waals surface area (Å²) in [7, 11) is 0. The standard InChI is InChI=1S/C19H21Cl2N3O/c20-17-8-5-15(13-18(17)21)23-19(25)9-10-22-14-3-6-16(7-4-14)24-11-1-2-12-24/h3-8,13,22H,1-2,9-12H2,(H,23,25). The van der Waals surface area contributed by atoms with Crippen LogP contribution in [0.25, 0.3) is 0 Å².